The van der Waals surface area contributed by atoms with Gasteiger partial charge in [0.05, 0.1) is 17.9 Å². The summed E-state index contributed by atoms with van der Waals surface area (Å²) in [5, 5.41) is 4.07. The Morgan fingerprint density at radius 3 is 2.73 bits per heavy atom. The number of rotatable bonds is 6. The van der Waals surface area contributed by atoms with Gasteiger partial charge in [-0.1, -0.05) is 41.1 Å². The number of carbonyl (C=O) groups excluding carboxylic acids is 2. The van der Waals surface area contributed by atoms with Gasteiger partial charge >= 0.3 is 6.03 Å². The summed E-state index contributed by atoms with van der Waals surface area (Å²) in [5.41, 5.74) is 2.40. The number of urea groups is 1. The van der Waals surface area contributed by atoms with E-state index in [4.69, 9.17) is 11.6 Å². The van der Waals surface area contributed by atoms with Gasteiger partial charge < -0.3 is 10.2 Å². The highest BCUT2D eigenvalue weighted by molar-refractivity contribution is 7.17. The Bertz CT molecular complexity index is 1060. The van der Waals surface area contributed by atoms with E-state index in [9.17, 15) is 9.59 Å². The van der Waals surface area contributed by atoms with Crippen LogP contribution < -0.4 is 10.2 Å². The average Bonchev–Trinajstić information content (AvgIpc) is 3.31. The van der Waals surface area contributed by atoms with Crippen LogP contribution in [-0.2, 0) is 13.1 Å². The topological polar surface area (TPSA) is 78.4 Å². The number of halogens is 1. The molecule has 1 aromatic carbocycles. The van der Waals surface area contributed by atoms with E-state index in [-0.39, 0.29) is 11.9 Å². The summed E-state index contributed by atoms with van der Waals surface area (Å²) >= 11 is 7.16. The Hall–Kier alpha value is -2.97. The zero-order chi connectivity index (χ0) is 21.1. The first-order valence-electron chi connectivity index (χ1n) is 9.47. The van der Waals surface area contributed by atoms with Gasteiger partial charge in [0.25, 0.3) is 5.91 Å². The van der Waals surface area contributed by atoms with Gasteiger partial charge in [-0.15, -0.1) is 0 Å². The quantitative estimate of drug-likeness (QED) is 0.629. The molecule has 30 heavy (non-hydrogen) atoms. The molecule has 2 aromatic heterocycles. The molecule has 154 valence electrons. The van der Waals surface area contributed by atoms with E-state index in [1.54, 1.807) is 22.9 Å². The Kier molecular flexibility index (Phi) is 5.96. The number of hydrogen-bond acceptors (Lipinski definition) is 5. The Balaban J connectivity index is 1.41. The second-order valence-electron chi connectivity index (χ2n) is 6.90. The molecule has 7 nitrogen and oxygen atoms in total. The maximum Gasteiger partial charge on any atom is 0.326 e. The highest BCUT2D eigenvalue weighted by Crippen LogP contribution is 2.29. The van der Waals surface area contributed by atoms with Crippen LogP contribution in [0.3, 0.4) is 0 Å². The van der Waals surface area contributed by atoms with Crippen molar-refractivity contribution in [1.82, 2.24) is 20.2 Å². The largest absolute Gasteiger partial charge is 0.346 e. The number of hydrogen-bond donors (Lipinski definition) is 1. The molecule has 4 rings (SSSR count). The lowest BCUT2D eigenvalue weighted by atomic mass is 10.2. The fourth-order valence-electron chi connectivity index (χ4n) is 3.18. The lowest BCUT2D eigenvalue weighted by molar-refractivity contribution is 0.0953. The van der Waals surface area contributed by atoms with Crippen LogP contribution in [0.5, 0.6) is 0 Å². The number of amides is 3. The molecule has 0 aliphatic carbocycles. The molecule has 1 N–H and O–H groups in total. The van der Waals surface area contributed by atoms with Crippen LogP contribution in [0.2, 0.25) is 5.02 Å². The maximum absolute atomic E-state index is 12.9. The Morgan fingerprint density at radius 1 is 1.20 bits per heavy atom. The third-order valence-electron chi connectivity index (χ3n) is 4.76. The van der Waals surface area contributed by atoms with E-state index in [1.807, 2.05) is 42.5 Å². The van der Waals surface area contributed by atoms with Crippen LogP contribution in [-0.4, -0.2) is 39.9 Å². The fourth-order valence-corrected chi connectivity index (χ4v) is 4.31. The molecule has 1 aliphatic rings. The summed E-state index contributed by atoms with van der Waals surface area (Å²) in [6, 6.07) is 12.9. The van der Waals surface area contributed by atoms with E-state index >= 15 is 0 Å². The van der Waals surface area contributed by atoms with Crippen LogP contribution in [0, 0.1) is 6.92 Å². The van der Waals surface area contributed by atoms with Crippen LogP contribution in [0.15, 0.2) is 48.7 Å². The van der Waals surface area contributed by atoms with Gasteiger partial charge in [0.15, 0.2) is 5.13 Å². The standard InChI is InChI=1S/C21H20ClN5O2S/c1-14-18(19(28)24-12-17-4-2-3-9-23-17)30-20(25-14)27-11-10-26(21(27)29)13-15-5-7-16(22)8-6-15/h2-9H,10-13H2,1H3,(H,24,28). The molecule has 1 fully saturated rings. The summed E-state index contributed by atoms with van der Waals surface area (Å²) in [5.74, 6) is -0.216. The van der Waals surface area contributed by atoms with Crippen molar-refractivity contribution in [2.75, 3.05) is 18.0 Å². The molecule has 3 aromatic rings. The number of nitrogens with one attached hydrogen (secondary N) is 1. The minimum atomic E-state index is -0.216. The fraction of sp³-hybridized carbons (Fsp3) is 0.238. The average molecular weight is 442 g/mol. The number of pyridine rings is 1. The van der Waals surface area contributed by atoms with Crippen molar-refractivity contribution >= 4 is 40.0 Å². The van der Waals surface area contributed by atoms with Crippen molar-refractivity contribution in [1.29, 1.82) is 0 Å². The number of aryl methyl sites for hydroxylation is 1. The SMILES string of the molecule is Cc1nc(N2CCN(Cc3ccc(Cl)cc3)C2=O)sc1C(=O)NCc1ccccn1. The Labute approximate surface area is 183 Å². The molecule has 0 radical (unpaired) electrons. The van der Waals surface area contributed by atoms with Crippen molar-refractivity contribution in [3.8, 4) is 0 Å². The second-order valence-corrected chi connectivity index (χ2v) is 8.31. The lowest BCUT2D eigenvalue weighted by Gasteiger charge is -2.17. The molecular formula is C21H20ClN5O2S. The van der Waals surface area contributed by atoms with Gasteiger partial charge in [-0.3, -0.25) is 14.7 Å². The number of carbonyl (C=O) groups is 2. The van der Waals surface area contributed by atoms with E-state index in [0.717, 1.165) is 11.3 Å². The monoisotopic (exact) mass is 441 g/mol. The normalized spacial score (nSPS) is 13.7. The van der Waals surface area contributed by atoms with Crippen molar-refractivity contribution in [3.63, 3.8) is 0 Å². The van der Waals surface area contributed by atoms with E-state index < -0.39 is 0 Å². The van der Waals surface area contributed by atoms with Crippen LogP contribution >= 0.6 is 22.9 Å². The number of aromatic nitrogens is 2. The predicted octanol–water partition coefficient (Wildman–Crippen LogP) is 3.87. The maximum atomic E-state index is 12.9. The first-order chi connectivity index (χ1) is 14.5. The molecule has 0 unspecified atom stereocenters. The molecule has 3 amide bonds. The molecular weight excluding hydrogens is 422 g/mol. The third kappa shape index (κ3) is 4.44. The molecule has 0 spiro atoms. The zero-order valence-corrected chi connectivity index (χ0v) is 17.9. The van der Waals surface area contributed by atoms with Crippen LogP contribution in [0.1, 0.15) is 26.6 Å². The first kappa shape index (κ1) is 20.3. The minimum absolute atomic E-state index is 0.112. The molecule has 1 saturated heterocycles. The molecule has 1 aliphatic heterocycles. The number of benzene rings is 1. The number of anilines is 1. The van der Waals surface area contributed by atoms with Crippen LogP contribution in [0.25, 0.3) is 0 Å². The van der Waals surface area contributed by atoms with Crippen LogP contribution in [0.4, 0.5) is 9.93 Å². The second kappa shape index (κ2) is 8.81. The Morgan fingerprint density at radius 2 is 2.00 bits per heavy atom. The van der Waals surface area contributed by atoms with Crippen molar-refractivity contribution in [2.24, 2.45) is 0 Å². The predicted molar refractivity (Wildman–Crippen MR) is 117 cm³/mol. The smallest absolute Gasteiger partial charge is 0.326 e. The lowest BCUT2D eigenvalue weighted by Crippen LogP contribution is -2.31. The van der Waals surface area contributed by atoms with Crippen molar-refractivity contribution in [3.05, 3.63) is 75.5 Å². The van der Waals surface area contributed by atoms with Crippen molar-refractivity contribution in [2.45, 2.75) is 20.0 Å². The van der Waals surface area contributed by atoms with Gasteiger partial charge in [0, 0.05) is 30.9 Å². The summed E-state index contributed by atoms with van der Waals surface area (Å²) < 4.78 is 0. The molecule has 9 heteroatoms. The van der Waals surface area contributed by atoms with Crippen molar-refractivity contribution < 1.29 is 9.59 Å². The van der Waals surface area contributed by atoms with E-state index in [0.29, 0.717) is 46.9 Å². The van der Waals surface area contributed by atoms with Gasteiger partial charge in [0.1, 0.15) is 4.88 Å². The van der Waals surface area contributed by atoms with Gasteiger partial charge in [-0.2, -0.15) is 0 Å². The highest BCUT2D eigenvalue weighted by Gasteiger charge is 2.32. The molecule has 0 bridgehead atoms. The van der Waals surface area contributed by atoms with E-state index in [2.05, 4.69) is 15.3 Å². The van der Waals surface area contributed by atoms with Gasteiger partial charge in [-0.25, -0.2) is 9.78 Å². The third-order valence-corrected chi connectivity index (χ3v) is 6.19. The molecule has 0 saturated carbocycles. The summed E-state index contributed by atoms with van der Waals surface area (Å²) in [6.45, 7) is 3.76. The summed E-state index contributed by atoms with van der Waals surface area (Å²) in [7, 11) is 0. The summed E-state index contributed by atoms with van der Waals surface area (Å²) in [6.07, 6.45) is 1.69. The van der Waals surface area contributed by atoms with E-state index in [1.165, 1.54) is 11.3 Å². The first-order valence-corrected chi connectivity index (χ1v) is 10.7. The number of thiazole rings is 1. The summed E-state index contributed by atoms with van der Waals surface area (Å²) in [4.78, 5) is 38.0. The molecule has 3 heterocycles. The minimum Gasteiger partial charge on any atom is -0.346 e. The molecule has 0 atom stereocenters. The van der Waals surface area contributed by atoms with Gasteiger partial charge in [0.2, 0.25) is 0 Å². The number of nitrogens with zero attached hydrogens (tertiary/aromatic N) is 4. The van der Waals surface area contributed by atoms with Gasteiger partial charge in [-0.05, 0) is 36.8 Å². The zero-order valence-electron chi connectivity index (χ0n) is 16.3. The highest BCUT2D eigenvalue weighted by atomic mass is 35.5.